The summed E-state index contributed by atoms with van der Waals surface area (Å²) in [5, 5.41) is 0. The van der Waals surface area contributed by atoms with Crippen molar-refractivity contribution >= 4 is 22.6 Å². The molecule has 0 aromatic rings. The van der Waals surface area contributed by atoms with Gasteiger partial charge in [0.25, 0.3) is 0 Å². The van der Waals surface area contributed by atoms with Gasteiger partial charge in [0.15, 0.2) is 0 Å². The van der Waals surface area contributed by atoms with Crippen LogP contribution < -0.4 is 0 Å². The summed E-state index contributed by atoms with van der Waals surface area (Å²) in [6, 6.07) is 0. The van der Waals surface area contributed by atoms with E-state index in [-0.39, 0.29) is 0 Å². The maximum atomic E-state index is 11.9. The molecule has 0 fully saturated rings. The summed E-state index contributed by atoms with van der Waals surface area (Å²) < 4.78 is 44.8. The van der Waals surface area contributed by atoms with Gasteiger partial charge in [-0.1, -0.05) is 29.5 Å². The fourth-order valence-electron chi connectivity index (χ4n) is 0.260. The molecule has 0 aliphatic heterocycles. The van der Waals surface area contributed by atoms with Gasteiger partial charge in [-0.15, -0.1) is 0 Å². The van der Waals surface area contributed by atoms with E-state index in [0.29, 0.717) is 0 Å². The van der Waals surface area contributed by atoms with Gasteiger partial charge in [-0.05, 0) is 0 Å². The molecule has 2 atom stereocenters. The molecule has 0 bridgehead atoms. The molecule has 0 N–H and O–H groups in total. The van der Waals surface area contributed by atoms with Crippen LogP contribution in [0.5, 0.6) is 0 Å². The van der Waals surface area contributed by atoms with Gasteiger partial charge in [0, 0.05) is 3.92 Å². The van der Waals surface area contributed by atoms with Gasteiger partial charge in [0.05, 0.1) is 0 Å². The first kappa shape index (κ1) is 9.45. The van der Waals surface area contributed by atoms with E-state index in [1.807, 2.05) is 0 Å². The number of hydrogen-bond acceptors (Lipinski definition) is 0. The molecule has 9 heavy (non-hydrogen) atoms. The number of halogens is 5. The SMILES string of the molecule is C[C@H](I)[C@@H](F)C(F)(F)F. The molecule has 0 spiro atoms. The molecular weight excluding hydrogens is 251 g/mol. The minimum atomic E-state index is -4.69. The zero-order valence-electron chi connectivity index (χ0n) is 4.54. The Morgan fingerprint density at radius 1 is 1.33 bits per heavy atom. The first-order valence-electron chi connectivity index (χ1n) is 2.20. The predicted molar refractivity (Wildman–Crippen MR) is 34.4 cm³/mol. The fourth-order valence-corrected chi connectivity index (χ4v) is 0.668. The molecule has 0 aromatic carbocycles. The van der Waals surface area contributed by atoms with Crippen molar-refractivity contribution in [3.63, 3.8) is 0 Å². The highest BCUT2D eigenvalue weighted by atomic mass is 127. The molecule has 0 radical (unpaired) electrons. The van der Waals surface area contributed by atoms with Crippen LogP contribution >= 0.6 is 22.6 Å². The summed E-state index contributed by atoms with van der Waals surface area (Å²) in [7, 11) is 0. The van der Waals surface area contributed by atoms with Gasteiger partial charge in [0.1, 0.15) is 0 Å². The summed E-state index contributed by atoms with van der Waals surface area (Å²) in [6.07, 6.45) is -7.39. The fraction of sp³-hybridized carbons (Fsp3) is 1.00. The van der Waals surface area contributed by atoms with Crippen molar-refractivity contribution in [3.8, 4) is 0 Å². The average Bonchev–Trinajstić information content (AvgIpc) is 1.62. The third-order valence-electron chi connectivity index (χ3n) is 0.716. The first-order valence-corrected chi connectivity index (χ1v) is 3.45. The molecule has 0 unspecified atom stereocenters. The maximum absolute atomic E-state index is 11.9. The van der Waals surface area contributed by atoms with E-state index < -0.39 is 16.3 Å². The van der Waals surface area contributed by atoms with Gasteiger partial charge in [-0.2, -0.15) is 13.2 Å². The van der Waals surface area contributed by atoms with Crippen LogP contribution in [0, 0.1) is 0 Å². The highest BCUT2D eigenvalue weighted by Gasteiger charge is 2.42. The van der Waals surface area contributed by atoms with Crippen LogP contribution in [0.15, 0.2) is 0 Å². The summed E-state index contributed by atoms with van der Waals surface area (Å²) >= 11 is 1.40. The van der Waals surface area contributed by atoms with Crippen LogP contribution in [0.3, 0.4) is 0 Å². The maximum Gasteiger partial charge on any atom is 0.420 e. The number of rotatable bonds is 1. The topological polar surface area (TPSA) is 0 Å². The average molecular weight is 256 g/mol. The van der Waals surface area contributed by atoms with E-state index in [2.05, 4.69) is 0 Å². The van der Waals surface area contributed by atoms with Gasteiger partial charge < -0.3 is 0 Å². The molecular formula is C4H5F4I. The third kappa shape index (κ3) is 3.22. The van der Waals surface area contributed by atoms with Crippen molar-refractivity contribution in [3.05, 3.63) is 0 Å². The Balaban J connectivity index is 3.88. The lowest BCUT2D eigenvalue weighted by Crippen LogP contribution is -2.30. The zero-order valence-corrected chi connectivity index (χ0v) is 6.70. The standard InChI is InChI=1S/C4H5F4I/c1-2(9)3(5)4(6,7)8/h2-3H,1H3/t2-,3+/m0/s1. The quantitative estimate of drug-likeness (QED) is 0.384. The van der Waals surface area contributed by atoms with Gasteiger partial charge in [0.2, 0.25) is 6.17 Å². The molecule has 0 saturated carbocycles. The minimum absolute atomic E-state index is 1.01. The van der Waals surface area contributed by atoms with Crippen LogP contribution in [0.1, 0.15) is 6.92 Å². The Morgan fingerprint density at radius 3 is 1.67 bits per heavy atom. The summed E-state index contributed by atoms with van der Waals surface area (Å²) in [4.78, 5) is 0. The number of alkyl halides is 5. The lowest BCUT2D eigenvalue weighted by atomic mass is 10.3. The third-order valence-corrected chi connectivity index (χ3v) is 1.35. The highest BCUT2D eigenvalue weighted by molar-refractivity contribution is 14.1. The largest absolute Gasteiger partial charge is 0.420 e. The molecule has 5 heteroatoms. The monoisotopic (exact) mass is 256 g/mol. The van der Waals surface area contributed by atoms with Crippen molar-refractivity contribution in [2.75, 3.05) is 0 Å². The van der Waals surface area contributed by atoms with Crippen LogP contribution in [0.25, 0.3) is 0 Å². The molecule has 0 heterocycles. The normalized spacial score (nSPS) is 19.3. The lowest BCUT2D eigenvalue weighted by molar-refractivity contribution is -0.177. The molecule has 0 aromatic heterocycles. The smallest absolute Gasteiger partial charge is 0.236 e. The Kier molecular flexibility index (Phi) is 3.18. The molecule has 0 nitrogen and oxygen atoms in total. The van der Waals surface area contributed by atoms with E-state index in [1.165, 1.54) is 29.5 Å². The van der Waals surface area contributed by atoms with Crippen molar-refractivity contribution in [1.29, 1.82) is 0 Å². The van der Waals surface area contributed by atoms with E-state index in [1.54, 1.807) is 0 Å². The predicted octanol–water partition coefficient (Wildman–Crippen LogP) is 2.71. The molecule has 56 valence electrons. The van der Waals surface area contributed by atoms with Crippen LogP contribution in [0.4, 0.5) is 17.6 Å². The highest BCUT2D eigenvalue weighted by Crippen LogP contribution is 2.28. The summed E-state index contributed by atoms with van der Waals surface area (Å²) in [6.45, 7) is 1.18. The zero-order chi connectivity index (χ0) is 7.65. The van der Waals surface area contributed by atoms with Crippen LogP contribution in [-0.2, 0) is 0 Å². The van der Waals surface area contributed by atoms with Gasteiger partial charge >= 0.3 is 6.18 Å². The van der Waals surface area contributed by atoms with Crippen molar-refractivity contribution in [1.82, 2.24) is 0 Å². The van der Waals surface area contributed by atoms with Crippen LogP contribution in [0.2, 0.25) is 0 Å². The van der Waals surface area contributed by atoms with Crippen LogP contribution in [-0.4, -0.2) is 16.3 Å². The lowest BCUT2D eigenvalue weighted by Gasteiger charge is -2.13. The molecule has 0 aliphatic carbocycles. The van der Waals surface area contributed by atoms with Crippen molar-refractivity contribution in [2.24, 2.45) is 0 Å². The Labute approximate surface area is 63.8 Å². The van der Waals surface area contributed by atoms with Crippen molar-refractivity contribution < 1.29 is 17.6 Å². The molecule has 0 saturated heterocycles. The van der Waals surface area contributed by atoms with Gasteiger partial charge in [-0.25, -0.2) is 4.39 Å². The molecule has 0 aliphatic rings. The van der Waals surface area contributed by atoms with E-state index >= 15 is 0 Å². The Bertz CT molecular complexity index is 87.1. The molecule has 0 rings (SSSR count). The van der Waals surface area contributed by atoms with E-state index in [0.717, 1.165) is 0 Å². The van der Waals surface area contributed by atoms with Gasteiger partial charge in [-0.3, -0.25) is 0 Å². The first-order chi connectivity index (χ1) is 3.85. The Hall–Kier alpha value is 0.450. The minimum Gasteiger partial charge on any atom is -0.236 e. The Morgan fingerprint density at radius 2 is 1.67 bits per heavy atom. The number of hydrogen-bond donors (Lipinski definition) is 0. The summed E-state index contributed by atoms with van der Waals surface area (Å²) in [5.74, 6) is 0. The summed E-state index contributed by atoms with van der Waals surface area (Å²) in [5.41, 5.74) is 0. The second-order valence-electron chi connectivity index (χ2n) is 1.62. The van der Waals surface area contributed by atoms with Crippen molar-refractivity contribution in [2.45, 2.75) is 23.2 Å². The van der Waals surface area contributed by atoms with E-state index in [4.69, 9.17) is 0 Å². The second-order valence-corrected chi connectivity index (χ2v) is 3.59. The second kappa shape index (κ2) is 3.03. The molecule has 0 amide bonds. The van der Waals surface area contributed by atoms with E-state index in [9.17, 15) is 17.6 Å².